The first-order valence-electron chi connectivity index (χ1n) is 7.62. The molecule has 0 amide bonds. The minimum absolute atomic E-state index is 0.197. The zero-order valence-corrected chi connectivity index (χ0v) is 13.6. The molecule has 0 spiro atoms. The summed E-state index contributed by atoms with van der Waals surface area (Å²) in [7, 11) is 0. The molecule has 4 nitrogen and oxygen atoms in total. The molecule has 0 radical (unpaired) electrons. The first-order valence-corrected chi connectivity index (χ1v) is 7.62. The number of ether oxygens (including phenoxy) is 2. The highest BCUT2D eigenvalue weighted by molar-refractivity contribution is 5.72. The number of nitrogens with zero attached hydrogens (tertiary/aromatic N) is 1. The summed E-state index contributed by atoms with van der Waals surface area (Å²) < 4.78 is 11.1. The van der Waals surface area contributed by atoms with Gasteiger partial charge in [0, 0.05) is 6.04 Å². The Morgan fingerprint density at radius 2 is 2.00 bits per heavy atom. The molecule has 120 valence electrons. The van der Waals surface area contributed by atoms with Gasteiger partial charge in [0.2, 0.25) is 0 Å². The van der Waals surface area contributed by atoms with Crippen LogP contribution < -0.4 is 0 Å². The first-order chi connectivity index (χ1) is 10.4. The Balaban J connectivity index is 1.75. The van der Waals surface area contributed by atoms with Gasteiger partial charge in [-0.15, -0.1) is 6.58 Å². The smallest absolute Gasteiger partial charge is 0.320 e. The van der Waals surface area contributed by atoms with Crippen LogP contribution >= 0.6 is 0 Å². The van der Waals surface area contributed by atoms with Crippen molar-refractivity contribution in [2.45, 2.75) is 45.1 Å². The van der Waals surface area contributed by atoms with Crippen molar-refractivity contribution >= 4 is 5.97 Å². The Morgan fingerprint density at radius 1 is 1.32 bits per heavy atom. The van der Waals surface area contributed by atoms with Gasteiger partial charge in [-0.2, -0.15) is 0 Å². The van der Waals surface area contributed by atoms with Gasteiger partial charge in [0.25, 0.3) is 0 Å². The summed E-state index contributed by atoms with van der Waals surface area (Å²) >= 11 is 0. The monoisotopic (exact) mass is 303 g/mol. The second kappa shape index (κ2) is 7.07. The quantitative estimate of drug-likeness (QED) is 0.441. The van der Waals surface area contributed by atoms with Crippen molar-refractivity contribution in [1.29, 1.82) is 0 Å². The van der Waals surface area contributed by atoms with Crippen LogP contribution in [0.5, 0.6) is 0 Å². The predicted octanol–water partition coefficient (Wildman–Crippen LogP) is 2.78. The Hall–Kier alpha value is -1.65. The molecule has 1 aliphatic rings. The van der Waals surface area contributed by atoms with Gasteiger partial charge >= 0.3 is 5.97 Å². The van der Waals surface area contributed by atoms with Crippen molar-refractivity contribution in [3.05, 3.63) is 48.6 Å². The van der Waals surface area contributed by atoms with Crippen molar-refractivity contribution in [3.63, 3.8) is 0 Å². The third-order valence-electron chi connectivity index (χ3n) is 3.49. The molecule has 0 saturated carbocycles. The molecule has 1 aromatic carbocycles. The van der Waals surface area contributed by atoms with Crippen molar-refractivity contribution < 1.29 is 14.3 Å². The lowest BCUT2D eigenvalue weighted by atomic mass is 10.2. The molecule has 0 aromatic heterocycles. The van der Waals surface area contributed by atoms with Crippen LogP contribution in [-0.2, 0) is 20.9 Å². The van der Waals surface area contributed by atoms with Crippen molar-refractivity contribution in [3.8, 4) is 0 Å². The first kappa shape index (κ1) is 16.7. The summed E-state index contributed by atoms with van der Waals surface area (Å²) in [5.74, 6) is -0.204. The zero-order valence-electron chi connectivity index (χ0n) is 13.6. The Morgan fingerprint density at radius 3 is 2.59 bits per heavy atom. The highest BCUT2D eigenvalue weighted by Crippen LogP contribution is 2.29. The Bertz CT molecular complexity index is 507. The van der Waals surface area contributed by atoms with Gasteiger partial charge < -0.3 is 9.47 Å². The van der Waals surface area contributed by atoms with Crippen molar-refractivity contribution in [1.82, 2.24) is 4.90 Å². The Labute approximate surface area is 132 Å². The second-order valence-electron chi connectivity index (χ2n) is 6.55. The highest BCUT2D eigenvalue weighted by atomic mass is 16.6. The van der Waals surface area contributed by atoms with E-state index in [0.717, 1.165) is 5.56 Å². The topological polar surface area (TPSA) is 38.5 Å². The molecule has 0 aliphatic carbocycles. The molecule has 1 unspecified atom stereocenters. The van der Waals surface area contributed by atoms with E-state index < -0.39 is 5.60 Å². The van der Waals surface area contributed by atoms with Crippen LogP contribution in [0.2, 0.25) is 0 Å². The van der Waals surface area contributed by atoms with E-state index in [1.165, 1.54) is 0 Å². The maximum absolute atomic E-state index is 11.9. The van der Waals surface area contributed by atoms with E-state index >= 15 is 0 Å². The normalized spacial score (nSPS) is 23.9. The fourth-order valence-corrected chi connectivity index (χ4v) is 2.46. The molecule has 1 aliphatic heterocycles. The fourth-order valence-electron chi connectivity index (χ4n) is 2.46. The Kier molecular flexibility index (Phi) is 5.37. The van der Waals surface area contributed by atoms with Gasteiger partial charge in [0.15, 0.2) is 0 Å². The summed E-state index contributed by atoms with van der Waals surface area (Å²) in [6.45, 7) is 10.9. The van der Waals surface area contributed by atoms with Gasteiger partial charge in [0.05, 0.1) is 25.8 Å². The zero-order chi connectivity index (χ0) is 16.2. The van der Waals surface area contributed by atoms with Crippen LogP contribution in [0.3, 0.4) is 0 Å². The minimum Gasteiger partial charge on any atom is -0.459 e. The summed E-state index contributed by atoms with van der Waals surface area (Å²) in [6, 6.07) is 10.5. The van der Waals surface area contributed by atoms with Crippen LogP contribution in [0.25, 0.3) is 0 Å². The number of benzene rings is 1. The van der Waals surface area contributed by atoms with E-state index in [0.29, 0.717) is 13.2 Å². The summed E-state index contributed by atoms with van der Waals surface area (Å²) in [5, 5.41) is 0. The van der Waals surface area contributed by atoms with Gasteiger partial charge in [-0.1, -0.05) is 36.4 Å². The lowest BCUT2D eigenvalue weighted by molar-refractivity contribution is -0.154. The second-order valence-corrected chi connectivity index (χ2v) is 6.55. The molecule has 1 heterocycles. The summed E-state index contributed by atoms with van der Waals surface area (Å²) in [6.07, 6.45) is 1.86. The molecule has 1 saturated heterocycles. The number of hydrogen-bond acceptors (Lipinski definition) is 4. The van der Waals surface area contributed by atoms with Gasteiger partial charge in [0.1, 0.15) is 5.60 Å². The van der Waals surface area contributed by atoms with E-state index in [2.05, 4.69) is 6.58 Å². The third-order valence-corrected chi connectivity index (χ3v) is 3.49. The predicted molar refractivity (Wildman–Crippen MR) is 86.4 cm³/mol. The number of rotatable bonds is 7. The molecule has 1 aromatic rings. The lowest BCUT2D eigenvalue weighted by Gasteiger charge is -2.19. The van der Waals surface area contributed by atoms with Crippen LogP contribution in [0, 0.1) is 0 Å². The molecular weight excluding hydrogens is 278 g/mol. The van der Waals surface area contributed by atoms with Crippen molar-refractivity contribution in [2.75, 3.05) is 13.2 Å². The molecule has 2 rings (SSSR count). The molecule has 1 fully saturated rings. The van der Waals surface area contributed by atoms with E-state index in [9.17, 15) is 4.79 Å². The number of carbonyl (C=O) groups excluding carboxylic acids is 1. The van der Waals surface area contributed by atoms with E-state index in [4.69, 9.17) is 9.47 Å². The van der Waals surface area contributed by atoms with Gasteiger partial charge in [-0.25, -0.2) is 0 Å². The van der Waals surface area contributed by atoms with E-state index in [1.807, 2.05) is 62.1 Å². The fraction of sp³-hybridized carbons (Fsp3) is 0.500. The largest absolute Gasteiger partial charge is 0.459 e. The molecule has 22 heavy (non-hydrogen) atoms. The van der Waals surface area contributed by atoms with Crippen molar-refractivity contribution in [2.24, 2.45) is 0 Å². The number of carbonyl (C=O) groups is 1. The van der Waals surface area contributed by atoms with E-state index in [-0.39, 0.29) is 24.6 Å². The van der Waals surface area contributed by atoms with Gasteiger partial charge in [-0.05, 0) is 26.3 Å². The number of esters is 1. The average molecular weight is 303 g/mol. The van der Waals surface area contributed by atoms with Crippen LogP contribution in [-0.4, -0.2) is 41.7 Å². The highest BCUT2D eigenvalue weighted by Gasteiger charge is 2.46. The van der Waals surface area contributed by atoms with Crippen LogP contribution in [0.15, 0.2) is 43.0 Å². The standard InChI is InChI=1S/C18H25NO3/c1-5-15-16(13-21-12-14-9-7-6-8-10-14)19(15)11-17(20)22-18(2,3)4/h5-10,15-16H,1,11-13H2,2-4H3/t15-,16-,19?/m1/s1. The maximum atomic E-state index is 11.9. The van der Waals surface area contributed by atoms with Gasteiger partial charge in [-0.3, -0.25) is 9.69 Å². The molecule has 0 bridgehead atoms. The molecular formula is C18H25NO3. The third kappa shape index (κ3) is 4.97. The molecule has 4 heteroatoms. The lowest BCUT2D eigenvalue weighted by Crippen LogP contribution is -2.29. The summed E-state index contributed by atoms with van der Waals surface area (Å²) in [4.78, 5) is 13.9. The summed E-state index contributed by atoms with van der Waals surface area (Å²) in [5.41, 5.74) is 0.702. The van der Waals surface area contributed by atoms with Crippen LogP contribution in [0.1, 0.15) is 26.3 Å². The van der Waals surface area contributed by atoms with E-state index in [1.54, 1.807) is 0 Å². The molecule has 3 atom stereocenters. The number of hydrogen-bond donors (Lipinski definition) is 0. The SMILES string of the molecule is C=C[C@@H]1[C@@H](COCc2ccccc2)N1CC(=O)OC(C)(C)C. The average Bonchev–Trinajstić information content (AvgIpc) is 3.09. The molecule has 0 N–H and O–H groups in total. The maximum Gasteiger partial charge on any atom is 0.320 e. The minimum atomic E-state index is -0.448. The van der Waals surface area contributed by atoms with Crippen LogP contribution in [0.4, 0.5) is 0 Å².